The highest BCUT2D eigenvalue weighted by Crippen LogP contribution is 2.33. The lowest BCUT2D eigenvalue weighted by Crippen LogP contribution is -2.40. The number of halogens is 3. The Morgan fingerprint density at radius 3 is 2.08 bits per heavy atom. The van der Waals surface area contributed by atoms with Crippen molar-refractivity contribution in [3.63, 3.8) is 0 Å². The SMILES string of the molecule is [B]Cc1cc(OC(CS(=O)(=O)O)C(F)(F)F)cc(C[B])c1OCOC. The maximum Gasteiger partial charge on any atom is 0.426 e. The van der Waals surface area contributed by atoms with Gasteiger partial charge in [0.15, 0.2) is 6.79 Å². The quantitative estimate of drug-likeness (QED) is 0.395. The number of ether oxygens (including phenoxy) is 3. The molecule has 6 nitrogen and oxygen atoms in total. The largest absolute Gasteiger partial charge is 0.480 e. The van der Waals surface area contributed by atoms with Gasteiger partial charge in [0.25, 0.3) is 10.1 Å². The van der Waals surface area contributed by atoms with Gasteiger partial charge in [-0.15, -0.1) is 0 Å². The normalized spacial score (nSPS) is 13.5. The third-order valence-corrected chi connectivity index (χ3v) is 3.71. The van der Waals surface area contributed by atoms with Crippen LogP contribution in [0.3, 0.4) is 0 Å². The van der Waals surface area contributed by atoms with Crippen molar-refractivity contribution in [1.29, 1.82) is 0 Å². The number of hydrogen-bond donors (Lipinski definition) is 1. The van der Waals surface area contributed by atoms with Crippen LogP contribution in [0.4, 0.5) is 13.2 Å². The van der Waals surface area contributed by atoms with Crippen molar-refractivity contribution in [2.75, 3.05) is 19.7 Å². The van der Waals surface area contributed by atoms with Crippen molar-refractivity contribution in [2.24, 2.45) is 0 Å². The van der Waals surface area contributed by atoms with Crippen LogP contribution in [0.25, 0.3) is 0 Å². The molecule has 0 bridgehead atoms. The van der Waals surface area contributed by atoms with Crippen molar-refractivity contribution in [3.05, 3.63) is 23.3 Å². The highest BCUT2D eigenvalue weighted by Gasteiger charge is 2.44. The molecule has 0 aliphatic carbocycles. The lowest BCUT2D eigenvalue weighted by Gasteiger charge is -2.22. The molecule has 1 aromatic carbocycles. The van der Waals surface area contributed by atoms with Gasteiger partial charge in [0.1, 0.15) is 17.3 Å². The molecule has 12 heteroatoms. The second kappa shape index (κ2) is 8.81. The number of benzene rings is 1. The first-order valence-electron chi connectivity index (χ1n) is 6.88. The zero-order valence-electron chi connectivity index (χ0n) is 13.2. The molecule has 0 aliphatic rings. The monoisotopic (exact) mass is 378 g/mol. The molecule has 136 valence electrons. The summed E-state index contributed by atoms with van der Waals surface area (Å²) in [7, 11) is 7.58. The summed E-state index contributed by atoms with van der Waals surface area (Å²) in [5.41, 5.74) is 0.588. The van der Waals surface area contributed by atoms with Gasteiger partial charge >= 0.3 is 6.18 Å². The summed E-state index contributed by atoms with van der Waals surface area (Å²) in [6, 6.07) is 2.35. The van der Waals surface area contributed by atoms with E-state index in [1.165, 1.54) is 19.2 Å². The van der Waals surface area contributed by atoms with E-state index in [-0.39, 0.29) is 30.9 Å². The molecular formula is C13H15B2F3O6S. The summed E-state index contributed by atoms with van der Waals surface area (Å²) < 4.78 is 84.0. The third kappa shape index (κ3) is 6.79. The number of alkyl halides is 3. The highest BCUT2D eigenvalue weighted by atomic mass is 32.2. The summed E-state index contributed by atoms with van der Waals surface area (Å²) >= 11 is 0. The smallest absolute Gasteiger partial charge is 0.426 e. The molecule has 0 aliphatic heterocycles. The molecule has 0 amide bonds. The van der Waals surface area contributed by atoms with Crippen LogP contribution in [-0.2, 0) is 27.5 Å². The second-order valence-electron chi connectivity index (χ2n) is 4.93. The number of hydrogen-bond acceptors (Lipinski definition) is 5. The van der Waals surface area contributed by atoms with Crippen molar-refractivity contribution < 1.29 is 40.4 Å². The molecule has 0 heterocycles. The molecule has 0 aromatic heterocycles. The van der Waals surface area contributed by atoms with Crippen molar-refractivity contribution in [2.45, 2.75) is 24.9 Å². The van der Waals surface area contributed by atoms with Gasteiger partial charge in [-0.1, -0.05) is 12.6 Å². The van der Waals surface area contributed by atoms with Crippen LogP contribution in [0.2, 0.25) is 0 Å². The minimum Gasteiger partial charge on any atom is -0.480 e. The molecule has 1 rings (SSSR count). The summed E-state index contributed by atoms with van der Waals surface area (Å²) in [4.78, 5) is 0. The van der Waals surface area contributed by atoms with Gasteiger partial charge in [-0.2, -0.15) is 21.6 Å². The standard InChI is InChI=1S/C13H15B2F3O6S/c1-22-7-23-12-8(4-14)2-10(3-9(12)5-15)24-11(13(16,17)18)6-25(19,20)21/h2-3,11H,4-7H2,1H3,(H,19,20,21). The fourth-order valence-corrected chi connectivity index (χ4v) is 2.59. The number of methoxy groups -OCH3 is 1. The van der Waals surface area contributed by atoms with E-state index in [2.05, 4.69) is 0 Å². The van der Waals surface area contributed by atoms with E-state index in [0.717, 1.165) is 0 Å². The molecule has 25 heavy (non-hydrogen) atoms. The van der Waals surface area contributed by atoms with Crippen LogP contribution in [0.15, 0.2) is 12.1 Å². The molecule has 1 atom stereocenters. The predicted octanol–water partition coefficient (Wildman–Crippen LogP) is 1.20. The molecule has 1 unspecified atom stereocenters. The average Bonchev–Trinajstić information content (AvgIpc) is 2.49. The van der Waals surface area contributed by atoms with E-state index in [0.29, 0.717) is 11.1 Å². The molecule has 1 N–H and O–H groups in total. The van der Waals surface area contributed by atoms with Gasteiger partial charge in [-0.25, -0.2) is 0 Å². The van der Waals surface area contributed by atoms with E-state index in [1.54, 1.807) is 0 Å². The van der Waals surface area contributed by atoms with Crippen molar-refractivity contribution in [1.82, 2.24) is 0 Å². The van der Waals surface area contributed by atoms with E-state index in [1.807, 2.05) is 0 Å². The minimum absolute atomic E-state index is 0.0990. The van der Waals surface area contributed by atoms with Crippen LogP contribution < -0.4 is 9.47 Å². The molecule has 4 radical (unpaired) electrons. The van der Waals surface area contributed by atoms with E-state index >= 15 is 0 Å². The zero-order valence-corrected chi connectivity index (χ0v) is 14.1. The van der Waals surface area contributed by atoms with Crippen LogP contribution in [0, 0.1) is 0 Å². The van der Waals surface area contributed by atoms with E-state index in [9.17, 15) is 21.6 Å². The molecule has 0 saturated heterocycles. The number of rotatable bonds is 9. The Labute approximate surface area is 146 Å². The summed E-state index contributed by atoms with van der Waals surface area (Å²) in [6.07, 6.45) is -7.98. The Bertz CT molecular complexity index is 656. The zero-order chi connectivity index (χ0) is 19.3. The molecule has 0 saturated carbocycles. The van der Waals surface area contributed by atoms with Crippen LogP contribution >= 0.6 is 0 Å². The first kappa shape index (κ1) is 21.7. The van der Waals surface area contributed by atoms with Gasteiger partial charge in [0.05, 0.1) is 15.7 Å². The average molecular weight is 378 g/mol. The Hall–Kier alpha value is -1.39. The predicted molar refractivity (Wildman–Crippen MR) is 84.7 cm³/mol. The Balaban J connectivity index is 3.22. The second-order valence-corrected chi connectivity index (χ2v) is 6.42. The van der Waals surface area contributed by atoms with E-state index < -0.39 is 28.2 Å². The van der Waals surface area contributed by atoms with Gasteiger partial charge < -0.3 is 14.2 Å². The van der Waals surface area contributed by atoms with Gasteiger partial charge in [0.2, 0.25) is 6.10 Å². The molecule has 0 spiro atoms. The third-order valence-electron chi connectivity index (χ3n) is 2.98. The Kier molecular flexibility index (Phi) is 7.63. The van der Waals surface area contributed by atoms with Crippen LogP contribution in [0.1, 0.15) is 11.1 Å². The Morgan fingerprint density at radius 1 is 1.20 bits per heavy atom. The summed E-state index contributed by atoms with van der Waals surface area (Å²) in [5, 5.41) is 0. The minimum atomic E-state index is -5.02. The van der Waals surface area contributed by atoms with Gasteiger partial charge in [-0.05, 0) is 23.3 Å². The summed E-state index contributed by atoms with van der Waals surface area (Å²) in [6.45, 7) is -0.131. The van der Waals surface area contributed by atoms with Gasteiger partial charge in [-0.3, -0.25) is 4.55 Å². The first-order chi connectivity index (χ1) is 11.5. The topological polar surface area (TPSA) is 82.1 Å². The lowest BCUT2D eigenvalue weighted by molar-refractivity contribution is -0.188. The lowest BCUT2D eigenvalue weighted by atomic mass is 9.89. The summed E-state index contributed by atoms with van der Waals surface area (Å²) in [5.74, 6) is -1.71. The van der Waals surface area contributed by atoms with Gasteiger partial charge in [0, 0.05) is 7.11 Å². The maximum absolute atomic E-state index is 13.0. The Morgan fingerprint density at radius 2 is 1.72 bits per heavy atom. The molecule has 0 fully saturated rings. The molecular weight excluding hydrogens is 363 g/mol. The highest BCUT2D eigenvalue weighted by molar-refractivity contribution is 7.85. The maximum atomic E-state index is 13.0. The van der Waals surface area contributed by atoms with Crippen molar-refractivity contribution >= 4 is 25.8 Å². The fourth-order valence-electron chi connectivity index (χ4n) is 1.95. The fraction of sp³-hybridized carbons (Fsp3) is 0.538. The van der Waals surface area contributed by atoms with Crippen molar-refractivity contribution in [3.8, 4) is 11.5 Å². The first-order valence-corrected chi connectivity index (χ1v) is 8.49. The van der Waals surface area contributed by atoms with Crippen LogP contribution in [-0.4, -0.2) is 60.6 Å². The van der Waals surface area contributed by atoms with Crippen LogP contribution in [0.5, 0.6) is 11.5 Å². The van der Waals surface area contributed by atoms with E-state index in [4.69, 9.17) is 34.5 Å². The molecule has 1 aromatic rings.